The van der Waals surface area contributed by atoms with Gasteiger partial charge >= 0.3 is 0 Å². The van der Waals surface area contributed by atoms with Gasteiger partial charge in [0.05, 0.1) is 11.8 Å². The first-order valence-electron chi connectivity index (χ1n) is 14.7. The zero-order valence-corrected chi connectivity index (χ0v) is 23.4. The molecule has 0 spiro atoms. The van der Waals surface area contributed by atoms with Crippen molar-refractivity contribution in [1.29, 1.82) is 0 Å². The summed E-state index contributed by atoms with van der Waals surface area (Å²) in [6.07, 6.45) is 4.76. The first-order valence-corrected chi connectivity index (χ1v) is 14.7. The van der Waals surface area contributed by atoms with E-state index in [9.17, 15) is 0 Å². The van der Waals surface area contributed by atoms with E-state index in [1.54, 1.807) is 0 Å². The monoisotopic (exact) mass is 539 g/mol. The highest BCUT2D eigenvalue weighted by molar-refractivity contribution is 6.26. The first-order chi connectivity index (χ1) is 20.8. The van der Waals surface area contributed by atoms with E-state index < -0.39 is 0 Å². The van der Waals surface area contributed by atoms with Crippen molar-refractivity contribution in [3.8, 4) is 0 Å². The lowest BCUT2D eigenvalue weighted by Gasteiger charge is -2.31. The minimum absolute atomic E-state index is 0.0477. The van der Waals surface area contributed by atoms with Gasteiger partial charge in [-0.25, -0.2) is 4.99 Å². The predicted octanol–water partition coefficient (Wildman–Crippen LogP) is 9.71. The van der Waals surface area contributed by atoms with E-state index >= 15 is 0 Å². The van der Waals surface area contributed by atoms with E-state index in [4.69, 9.17) is 9.98 Å². The fourth-order valence-electron chi connectivity index (χ4n) is 6.67. The molecule has 2 unspecified atom stereocenters. The van der Waals surface area contributed by atoms with Gasteiger partial charge in [0.25, 0.3) is 0 Å². The number of benzene rings is 6. The van der Waals surface area contributed by atoms with Crippen molar-refractivity contribution in [3.63, 3.8) is 0 Å². The number of hydrogen-bond donors (Lipinski definition) is 0. The number of aromatic nitrogens is 1. The van der Waals surface area contributed by atoms with E-state index in [0.717, 1.165) is 28.9 Å². The van der Waals surface area contributed by atoms with Crippen molar-refractivity contribution in [1.82, 2.24) is 4.98 Å². The Morgan fingerprint density at radius 2 is 1.33 bits per heavy atom. The largest absolute Gasteiger partial charge is 0.264 e. The van der Waals surface area contributed by atoms with Crippen LogP contribution in [0, 0.1) is 5.92 Å². The smallest absolute Gasteiger partial charge is 0.155 e. The Hall–Kier alpha value is -5.15. The highest BCUT2D eigenvalue weighted by Gasteiger charge is 2.33. The van der Waals surface area contributed by atoms with Gasteiger partial charge in [-0.05, 0) is 67.9 Å². The molecule has 1 aliphatic heterocycles. The topological polar surface area (TPSA) is 37.6 Å². The summed E-state index contributed by atoms with van der Waals surface area (Å²) in [6.45, 7) is 2.27. The molecule has 3 heteroatoms. The molecule has 1 aliphatic rings. The molecule has 6 aromatic carbocycles. The summed E-state index contributed by atoms with van der Waals surface area (Å²) >= 11 is 0. The van der Waals surface area contributed by atoms with Crippen molar-refractivity contribution in [2.75, 3.05) is 0 Å². The number of nitrogens with zero attached hydrogens (tertiary/aromatic N) is 3. The Morgan fingerprint density at radius 3 is 2.19 bits per heavy atom. The molecule has 0 radical (unpaired) electrons. The molecule has 8 rings (SSSR count). The van der Waals surface area contributed by atoms with Crippen LogP contribution in [-0.4, -0.2) is 16.5 Å². The second kappa shape index (κ2) is 10.0. The molecule has 42 heavy (non-hydrogen) atoms. The SMILES string of the molecule is CCC1C(c2cc3c4ccncc4ccc3c3ccccc23)=NC(c2ccccc2)=NC1c1ccc2ccccc2c1. The summed E-state index contributed by atoms with van der Waals surface area (Å²) in [7, 11) is 0. The molecular formula is C39H29N3. The van der Waals surface area contributed by atoms with Crippen LogP contribution in [0.25, 0.3) is 43.1 Å². The second-order valence-electron chi connectivity index (χ2n) is 11.1. The second-order valence-corrected chi connectivity index (χ2v) is 11.1. The van der Waals surface area contributed by atoms with Crippen molar-refractivity contribution >= 4 is 54.6 Å². The van der Waals surface area contributed by atoms with Crippen molar-refractivity contribution in [2.45, 2.75) is 19.4 Å². The summed E-state index contributed by atoms with van der Waals surface area (Å²) in [4.78, 5) is 15.2. The fourth-order valence-corrected chi connectivity index (χ4v) is 6.67. The normalized spacial score (nSPS) is 17.1. The van der Waals surface area contributed by atoms with Crippen molar-refractivity contribution < 1.29 is 0 Å². The summed E-state index contributed by atoms with van der Waals surface area (Å²) < 4.78 is 0. The highest BCUT2D eigenvalue weighted by Crippen LogP contribution is 2.40. The molecule has 2 heterocycles. The Morgan fingerprint density at radius 1 is 0.595 bits per heavy atom. The van der Waals surface area contributed by atoms with Gasteiger partial charge in [0.15, 0.2) is 5.84 Å². The van der Waals surface area contributed by atoms with E-state index in [2.05, 4.69) is 127 Å². The van der Waals surface area contributed by atoms with Crippen molar-refractivity contribution in [2.24, 2.45) is 15.9 Å². The molecule has 0 fully saturated rings. The fraction of sp³-hybridized carbons (Fsp3) is 0.103. The number of amidine groups is 1. The van der Waals surface area contributed by atoms with E-state index in [1.807, 2.05) is 18.5 Å². The number of pyridine rings is 1. The lowest BCUT2D eigenvalue weighted by Crippen LogP contribution is -2.28. The maximum atomic E-state index is 5.40. The van der Waals surface area contributed by atoms with E-state index in [1.165, 1.54) is 48.8 Å². The maximum Gasteiger partial charge on any atom is 0.155 e. The van der Waals surface area contributed by atoms with E-state index in [-0.39, 0.29) is 12.0 Å². The van der Waals surface area contributed by atoms with Gasteiger partial charge in [0.1, 0.15) is 0 Å². The average molecular weight is 540 g/mol. The quantitative estimate of drug-likeness (QED) is 0.205. The lowest BCUT2D eigenvalue weighted by atomic mass is 9.80. The molecule has 0 saturated heterocycles. The molecule has 200 valence electrons. The molecule has 0 bridgehead atoms. The van der Waals surface area contributed by atoms with Crippen LogP contribution in [0.15, 0.2) is 144 Å². The molecule has 3 nitrogen and oxygen atoms in total. The summed E-state index contributed by atoms with van der Waals surface area (Å²) in [5, 5.41) is 9.78. The van der Waals surface area contributed by atoms with Gasteiger partial charge in [0, 0.05) is 34.8 Å². The van der Waals surface area contributed by atoms with Crippen LogP contribution >= 0.6 is 0 Å². The van der Waals surface area contributed by atoms with Gasteiger partial charge < -0.3 is 0 Å². The van der Waals surface area contributed by atoms with Crippen LogP contribution in [0.2, 0.25) is 0 Å². The molecule has 7 aromatic rings. The molecular weight excluding hydrogens is 510 g/mol. The Kier molecular flexibility index (Phi) is 5.89. The van der Waals surface area contributed by atoms with Gasteiger partial charge in [-0.15, -0.1) is 0 Å². The minimum atomic E-state index is -0.0477. The van der Waals surface area contributed by atoms with Gasteiger partial charge in [0.2, 0.25) is 0 Å². The number of rotatable bonds is 4. The third-order valence-electron chi connectivity index (χ3n) is 8.74. The molecule has 0 amide bonds. The number of aliphatic imine (C=N–C) groups is 2. The number of hydrogen-bond acceptors (Lipinski definition) is 3. The van der Waals surface area contributed by atoms with Gasteiger partial charge in [-0.3, -0.25) is 9.98 Å². The van der Waals surface area contributed by atoms with Gasteiger partial charge in [-0.1, -0.05) is 110 Å². The standard InChI is InChI=1S/C39H29N3/c1-2-30-37(28-17-16-25-10-6-7-13-27(25)22-28)41-39(26-11-4-3-5-12-26)42-38(30)36-23-35-31-20-21-40-24-29(31)18-19-34(35)32-14-8-9-15-33(32)36/h3-24,30,37H,2H2,1H3. The van der Waals surface area contributed by atoms with Crippen LogP contribution in [-0.2, 0) is 0 Å². The number of fused-ring (bicyclic) bond motifs is 6. The summed E-state index contributed by atoms with van der Waals surface area (Å²) in [5.41, 5.74) is 4.55. The Balaban J connectivity index is 1.41. The van der Waals surface area contributed by atoms with Crippen LogP contribution in [0.3, 0.4) is 0 Å². The average Bonchev–Trinajstić information content (AvgIpc) is 3.07. The van der Waals surface area contributed by atoms with E-state index in [0.29, 0.717) is 0 Å². The van der Waals surface area contributed by atoms with Crippen LogP contribution < -0.4 is 0 Å². The van der Waals surface area contributed by atoms with Crippen LogP contribution in [0.4, 0.5) is 0 Å². The highest BCUT2D eigenvalue weighted by atomic mass is 15.0. The molecule has 0 aliphatic carbocycles. The molecule has 0 N–H and O–H groups in total. The van der Waals surface area contributed by atoms with Crippen molar-refractivity contribution in [3.05, 3.63) is 150 Å². The van der Waals surface area contributed by atoms with Gasteiger partial charge in [-0.2, -0.15) is 0 Å². The third-order valence-corrected chi connectivity index (χ3v) is 8.74. The summed E-state index contributed by atoms with van der Waals surface area (Å²) in [5.74, 6) is 0.913. The summed E-state index contributed by atoms with van der Waals surface area (Å²) in [6, 6.07) is 43.4. The van der Waals surface area contributed by atoms with Crippen LogP contribution in [0.5, 0.6) is 0 Å². The molecule has 0 saturated carbocycles. The zero-order valence-electron chi connectivity index (χ0n) is 23.4. The first kappa shape index (κ1) is 24.6. The predicted molar refractivity (Wildman–Crippen MR) is 177 cm³/mol. The third kappa shape index (κ3) is 4.01. The minimum Gasteiger partial charge on any atom is -0.264 e. The Bertz CT molecular complexity index is 2190. The van der Waals surface area contributed by atoms with Crippen LogP contribution in [0.1, 0.15) is 36.1 Å². The molecule has 1 aromatic heterocycles. The maximum absolute atomic E-state index is 5.40. The molecule has 2 atom stereocenters. The Labute approximate surface area is 244 Å². The zero-order chi connectivity index (χ0) is 28.0. The lowest BCUT2D eigenvalue weighted by molar-refractivity contribution is 0.533.